The van der Waals surface area contributed by atoms with Gasteiger partial charge in [-0.3, -0.25) is 4.79 Å². The predicted octanol–water partition coefficient (Wildman–Crippen LogP) is 1.67. The summed E-state index contributed by atoms with van der Waals surface area (Å²) in [5, 5.41) is 5.15. The zero-order valence-corrected chi connectivity index (χ0v) is 11.1. The van der Waals surface area contributed by atoms with E-state index in [1.165, 1.54) is 10.4 Å². The van der Waals surface area contributed by atoms with Gasteiger partial charge >= 0.3 is 0 Å². The second-order valence-electron chi connectivity index (χ2n) is 3.87. The molecule has 0 unspecified atom stereocenters. The van der Waals surface area contributed by atoms with Crippen LogP contribution in [0, 0.1) is 6.92 Å². The molecule has 90 valence electrons. The minimum absolute atomic E-state index is 0.163. The average molecular weight is 240 g/mol. The van der Waals surface area contributed by atoms with E-state index in [2.05, 4.69) is 23.7 Å². The van der Waals surface area contributed by atoms with E-state index in [0.29, 0.717) is 6.54 Å². The Hall–Kier alpha value is -0.870. The fourth-order valence-electron chi connectivity index (χ4n) is 1.42. The zero-order valence-electron chi connectivity index (χ0n) is 10.2. The molecule has 0 saturated heterocycles. The first-order valence-corrected chi connectivity index (χ1v) is 6.50. The van der Waals surface area contributed by atoms with Crippen LogP contribution < -0.4 is 5.32 Å². The number of thiophene rings is 1. The molecule has 0 radical (unpaired) electrons. The van der Waals surface area contributed by atoms with Gasteiger partial charge in [0.05, 0.1) is 6.54 Å². The molecule has 1 N–H and O–H groups in total. The molecule has 0 aliphatic rings. The van der Waals surface area contributed by atoms with Gasteiger partial charge in [-0.2, -0.15) is 0 Å². The molecule has 1 rings (SSSR count). The number of rotatable bonds is 6. The van der Waals surface area contributed by atoms with Crippen molar-refractivity contribution in [3.63, 3.8) is 0 Å². The van der Waals surface area contributed by atoms with Crippen LogP contribution in [0.4, 0.5) is 0 Å². The minimum Gasteiger partial charge on any atom is -0.344 e. The Kier molecular flexibility index (Phi) is 5.49. The van der Waals surface area contributed by atoms with Crippen LogP contribution in [-0.2, 0) is 11.2 Å². The molecule has 0 bridgehead atoms. The van der Waals surface area contributed by atoms with E-state index in [1.807, 2.05) is 14.0 Å². The number of hydrogen-bond donors (Lipinski definition) is 1. The number of carbonyl (C=O) groups is 1. The molecule has 16 heavy (non-hydrogen) atoms. The molecule has 1 heterocycles. The topological polar surface area (TPSA) is 32.3 Å². The van der Waals surface area contributed by atoms with Crippen LogP contribution in [-0.4, -0.2) is 37.5 Å². The van der Waals surface area contributed by atoms with Crippen LogP contribution >= 0.6 is 11.3 Å². The van der Waals surface area contributed by atoms with Crippen LogP contribution in [0.3, 0.4) is 0 Å². The summed E-state index contributed by atoms with van der Waals surface area (Å²) in [6.45, 7) is 6.19. The fourth-order valence-corrected chi connectivity index (χ4v) is 2.32. The van der Waals surface area contributed by atoms with E-state index in [4.69, 9.17) is 0 Å². The van der Waals surface area contributed by atoms with Crippen LogP contribution in [0.25, 0.3) is 0 Å². The predicted molar refractivity (Wildman–Crippen MR) is 68.9 cm³/mol. The monoisotopic (exact) mass is 240 g/mol. The molecule has 0 saturated carbocycles. The Bertz CT molecular complexity index is 336. The summed E-state index contributed by atoms with van der Waals surface area (Å²) < 4.78 is 0. The molecule has 1 aromatic heterocycles. The molecular formula is C12H20N2OS. The Labute approximate surface area is 101 Å². The van der Waals surface area contributed by atoms with Crippen molar-refractivity contribution in [3.05, 3.63) is 21.9 Å². The third-order valence-corrected chi connectivity index (χ3v) is 3.68. The molecule has 0 aliphatic heterocycles. The third kappa shape index (κ3) is 3.94. The molecule has 3 nitrogen and oxygen atoms in total. The van der Waals surface area contributed by atoms with Gasteiger partial charge in [0.1, 0.15) is 0 Å². The second-order valence-corrected chi connectivity index (χ2v) is 4.87. The van der Waals surface area contributed by atoms with Crippen LogP contribution in [0.2, 0.25) is 0 Å². The highest BCUT2D eigenvalue weighted by atomic mass is 32.1. The number of hydrogen-bond acceptors (Lipinski definition) is 3. The van der Waals surface area contributed by atoms with E-state index in [1.54, 1.807) is 16.2 Å². The van der Waals surface area contributed by atoms with E-state index in [0.717, 1.165) is 19.5 Å². The zero-order chi connectivity index (χ0) is 12.0. The first-order valence-electron chi connectivity index (χ1n) is 5.62. The third-order valence-electron chi connectivity index (χ3n) is 2.59. The first kappa shape index (κ1) is 13.2. The van der Waals surface area contributed by atoms with Crippen molar-refractivity contribution in [1.82, 2.24) is 10.2 Å². The summed E-state index contributed by atoms with van der Waals surface area (Å²) in [6, 6.07) is 2.13. The van der Waals surface area contributed by atoms with Gasteiger partial charge in [0.15, 0.2) is 0 Å². The van der Waals surface area contributed by atoms with Crippen molar-refractivity contribution in [1.29, 1.82) is 0 Å². The lowest BCUT2D eigenvalue weighted by Crippen LogP contribution is -2.36. The molecular weight excluding hydrogens is 220 g/mol. The SMILES string of the molecule is CCNCC(=O)N(C)CCc1sccc1C. The van der Waals surface area contributed by atoms with Crippen LogP contribution in [0.15, 0.2) is 11.4 Å². The van der Waals surface area contributed by atoms with Gasteiger partial charge in [-0.1, -0.05) is 6.92 Å². The van der Waals surface area contributed by atoms with Crippen LogP contribution in [0.1, 0.15) is 17.4 Å². The van der Waals surface area contributed by atoms with Gasteiger partial charge in [-0.15, -0.1) is 11.3 Å². The standard InChI is InChI=1S/C12H20N2OS/c1-4-13-9-12(15)14(3)7-5-11-10(2)6-8-16-11/h6,8,13H,4-5,7,9H2,1-3H3. The highest BCUT2D eigenvalue weighted by molar-refractivity contribution is 7.10. The Morgan fingerprint density at radius 2 is 2.31 bits per heavy atom. The summed E-state index contributed by atoms with van der Waals surface area (Å²) in [4.78, 5) is 14.8. The molecule has 4 heteroatoms. The lowest BCUT2D eigenvalue weighted by atomic mass is 10.2. The van der Waals surface area contributed by atoms with Crippen molar-refractivity contribution in [2.45, 2.75) is 20.3 Å². The average Bonchev–Trinajstić information content (AvgIpc) is 2.68. The Balaban J connectivity index is 2.32. The van der Waals surface area contributed by atoms with Gasteiger partial charge in [0.25, 0.3) is 0 Å². The maximum absolute atomic E-state index is 11.6. The molecule has 0 fully saturated rings. The summed E-state index contributed by atoms with van der Waals surface area (Å²) in [5.41, 5.74) is 1.33. The molecule has 0 atom stereocenters. The lowest BCUT2D eigenvalue weighted by Gasteiger charge is -2.17. The summed E-state index contributed by atoms with van der Waals surface area (Å²) >= 11 is 1.77. The van der Waals surface area contributed by atoms with Crippen LogP contribution in [0.5, 0.6) is 0 Å². The summed E-state index contributed by atoms with van der Waals surface area (Å²) in [5.74, 6) is 0.163. The lowest BCUT2D eigenvalue weighted by molar-refractivity contribution is -0.128. The van der Waals surface area contributed by atoms with Gasteiger partial charge < -0.3 is 10.2 Å². The number of nitrogens with zero attached hydrogens (tertiary/aromatic N) is 1. The number of likely N-dealkylation sites (N-methyl/N-ethyl adjacent to an activating group) is 2. The quantitative estimate of drug-likeness (QED) is 0.820. The largest absolute Gasteiger partial charge is 0.344 e. The van der Waals surface area contributed by atoms with Gasteiger partial charge in [-0.05, 0) is 36.9 Å². The highest BCUT2D eigenvalue weighted by Gasteiger charge is 2.08. The van der Waals surface area contributed by atoms with Gasteiger partial charge in [0, 0.05) is 18.5 Å². The van der Waals surface area contributed by atoms with Gasteiger partial charge in [0.2, 0.25) is 5.91 Å². The molecule has 1 amide bonds. The first-order chi connectivity index (χ1) is 7.65. The normalized spacial score (nSPS) is 10.4. The summed E-state index contributed by atoms with van der Waals surface area (Å²) in [7, 11) is 1.86. The molecule has 0 aliphatic carbocycles. The van der Waals surface area contributed by atoms with Crippen molar-refractivity contribution >= 4 is 17.2 Å². The number of amides is 1. The Morgan fingerprint density at radius 1 is 1.56 bits per heavy atom. The highest BCUT2D eigenvalue weighted by Crippen LogP contribution is 2.16. The summed E-state index contributed by atoms with van der Waals surface area (Å²) in [6.07, 6.45) is 0.956. The Morgan fingerprint density at radius 3 is 2.88 bits per heavy atom. The second kappa shape index (κ2) is 6.66. The smallest absolute Gasteiger partial charge is 0.236 e. The van der Waals surface area contributed by atoms with Crippen molar-refractivity contribution < 1.29 is 4.79 Å². The molecule has 0 spiro atoms. The number of carbonyl (C=O) groups excluding carboxylic acids is 1. The molecule has 0 aromatic carbocycles. The maximum Gasteiger partial charge on any atom is 0.236 e. The van der Waals surface area contributed by atoms with E-state index in [9.17, 15) is 4.79 Å². The van der Waals surface area contributed by atoms with Gasteiger partial charge in [-0.25, -0.2) is 0 Å². The number of aryl methyl sites for hydroxylation is 1. The van der Waals surface area contributed by atoms with Crippen molar-refractivity contribution in [2.24, 2.45) is 0 Å². The maximum atomic E-state index is 11.6. The van der Waals surface area contributed by atoms with Crippen molar-refractivity contribution in [3.8, 4) is 0 Å². The number of nitrogens with one attached hydrogen (secondary N) is 1. The van der Waals surface area contributed by atoms with E-state index >= 15 is 0 Å². The minimum atomic E-state index is 0.163. The van der Waals surface area contributed by atoms with E-state index < -0.39 is 0 Å². The molecule has 1 aromatic rings. The fraction of sp³-hybridized carbons (Fsp3) is 0.583. The van der Waals surface area contributed by atoms with Crippen molar-refractivity contribution in [2.75, 3.05) is 26.7 Å². The van der Waals surface area contributed by atoms with E-state index in [-0.39, 0.29) is 5.91 Å².